The van der Waals surface area contributed by atoms with Crippen molar-refractivity contribution in [1.82, 2.24) is 9.62 Å². The molecule has 1 aromatic rings. The molecule has 21 heavy (non-hydrogen) atoms. The Labute approximate surface area is 127 Å². The van der Waals surface area contributed by atoms with E-state index in [0.29, 0.717) is 29.9 Å². The molecule has 0 amide bonds. The molecule has 1 unspecified atom stereocenters. The maximum atomic E-state index is 12.7. The van der Waals surface area contributed by atoms with Crippen molar-refractivity contribution in [1.29, 1.82) is 0 Å². The van der Waals surface area contributed by atoms with Crippen LogP contribution >= 0.6 is 0 Å². The highest BCUT2D eigenvalue weighted by atomic mass is 32.2. The summed E-state index contributed by atoms with van der Waals surface area (Å²) >= 11 is 0. The fourth-order valence-corrected chi connectivity index (χ4v) is 4.47. The first kappa shape index (κ1) is 15.0. The summed E-state index contributed by atoms with van der Waals surface area (Å²) in [5, 5.41) is 3.43. The minimum atomic E-state index is -3.32. The Balaban J connectivity index is 1.73. The Morgan fingerprint density at radius 1 is 1.29 bits per heavy atom. The molecule has 0 bridgehead atoms. The first-order chi connectivity index (χ1) is 10.1. The minimum Gasteiger partial charge on any atom is -0.310 e. The second-order valence-electron chi connectivity index (χ2n) is 6.23. The normalized spacial score (nSPS) is 23.6. The average molecular weight is 308 g/mol. The standard InChI is InChI=1S/C16H24N2O2S/c1-2-13-8-9-18(12-13)21(19,20)16-5-3-4-14(10-16)11-17-15-6-7-15/h3-5,10,13,15,17H,2,6-9,11-12H2,1H3. The topological polar surface area (TPSA) is 49.4 Å². The molecule has 1 heterocycles. The molecule has 2 fully saturated rings. The van der Waals surface area contributed by atoms with Crippen LogP contribution in [0.4, 0.5) is 0 Å². The lowest BCUT2D eigenvalue weighted by molar-refractivity contribution is 0.453. The van der Waals surface area contributed by atoms with Gasteiger partial charge in [-0.3, -0.25) is 0 Å². The van der Waals surface area contributed by atoms with Crippen molar-refractivity contribution in [3.63, 3.8) is 0 Å². The van der Waals surface area contributed by atoms with Crippen LogP contribution in [-0.4, -0.2) is 31.9 Å². The summed E-state index contributed by atoms with van der Waals surface area (Å²) in [6, 6.07) is 8.02. The van der Waals surface area contributed by atoms with Crippen LogP contribution in [0.5, 0.6) is 0 Å². The first-order valence-corrected chi connectivity index (χ1v) is 9.36. The molecule has 1 aromatic carbocycles. The largest absolute Gasteiger partial charge is 0.310 e. The van der Waals surface area contributed by atoms with Crippen LogP contribution in [-0.2, 0) is 16.6 Å². The van der Waals surface area contributed by atoms with Gasteiger partial charge >= 0.3 is 0 Å². The summed E-state index contributed by atoms with van der Waals surface area (Å²) < 4.78 is 27.1. The summed E-state index contributed by atoms with van der Waals surface area (Å²) in [4.78, 5) is 0.439. The molecule has 0 spiro atoms. The summed E-state index contributed by atoms with van der Waals surface area (Å²) in [5.74, 6) is 0.513. The molecule has 1 aliphatic heterocycles. The predicted octanol–water partition coefficient (Wildman–Crippen LogP) is 2.36. The number of sulfonamides is 1. The van der Waals surface area contributed by atoms with Crippen LogP contribution in [0.15, 0.2) is 29.2 Å². The molecule has 1 aliphatic carbocycles. The lowest BCUT2D eigenvalue weighted by atomic mass is 10.1. The fourth-order valence-electron chi connectivity index (χ4n) is 2.86. The van der Waals surface area contributed by atoms with Crippen molar-refractivity contribution in [2.75, 3.05) is 13.1 Å². The second-order valence-corrected chi connectivity index (χ2v) is 8.17. The summed E-state index contributed by atoms with van der Waals surface area (Å²) in [7, 11) is -3.32. The third kappa shape index (κ3) is 3.47. The van der Waals surface area contributed by atoms with Crippen molar-refractivity contribution in [2.45, 2.75) is 50.1 Å². The number of nitrogens with zero attached hydrogens (tertiary/aromatic N) is 1. The highest BCUT2D eigenvalue weighted by molar-refractivity contribution is 7.89. The van der Waals surface area contributed by atoms with Gasteiger partial charge < -0.3 is 5.32 Å². The molecule has 1 atom stereocenters. The van der Waals surface area contributed by atoms with E-state index in [-0.39, 0.29) is 0 Å². The van der Waals surface area contributed by atoms with Gasteiger partial charge in [-0.15, -0.1) is 0 Å². The molecule has 1 saturated heterocycles. The predicted molar refractivity (Wildman–Crippen MR) is 83.5 cm³/mol. The quantitative estimate of drug-likeness (QED) is 0.877. The van der Waals surface area contributed by atoms with Gasteiger partial charge in [-0.1, -0.05) is 25.5 Å². The molecule has 3 rings (SSSR count). The molecule has 1 N–H and O–H groups in total. The number of benzene rings is 1. The van der Waals surface area contributed by atoms with Gasteiger partial charge in [0.25, 0.3) is 0 Å². The van der Waals surface area contributed by atoms with Crippen molar-refractivity contribution < 1.29 is 8.42 Å². The van der Waals surface area contributed by atoms with Crippen molar-refractivity contribution in [3.05, 3.63) is 29.8 Å². The van der Waals surface area contributed by atoms with Gasteiger partial charge in [0, 0.05) is 25.7 Å². The van der Waals surface area contributed by atoms with Gasteiger partial charge in [0.1, 0.15) is 0 Å². The monoisotopic (exact) mass is 308 g/mol. The van der Waals surface area contributed by atoms with E-state index in [1.807, 2.05) is 18.2 Å². The second kappa shape index (κ2) is 6.07. The van der Waals surface area contributed by atoms with Crippen molar-refractivity contribution in [2.24, 2.45) is 5.92 Å². The van der Waals surface area contributed by atoms with E-state index in [1.165, 1.54) is 12.8 Å². The van der Waals surface area contributed by atoms with Crippen LogP contribution in [0, 0.1) is 5.92 Å². The molecular weight excluding hydrogens is 284 g/mol. The Hall–Kier alpha value is -0.910. The molecule has 1 saturated carbocycles. The van der Waals surface area contributed by atoms with Gasteiger partial charge in [-0.25, -0.2) is 8.42 Å². The average Bonchev–Trinajstić information content (AvgIpc) is 3.19. The van der Waals surface area contributed by atoms with Gasteiger partial charge in [-0.05, 0) is 42.9 Å². The maximum Gasteiger partial charge on any atom is 0.243 e. The van der Waals surface area contributed by atoms with E-state index in [1.54, 1.807) is 10.4 Å². The Bertz CT molecular complexity index is 596. The molecule has 0 radical (unpaired) electrons. The highest BCUT2D eigenvalue weighted by Crippen LogP contribution is 2.26. The number of nitrogens with one attached hydrogen (secondary N) is 1. The van der Waals surface area contributed by atoms with Crippen molar-refractivity contribution in [3.8, 4) is 0 Å². The number of hydrogen-bond acceptors (Lipinski definition) is 3. The Morgan fingerprint density at radius 2 is 2.10 bits per heavy atom. The highest BCUT2D eigenvalue weighted by Gasteiger charge is 2.31. The minimum absolute atomic E-state index is 0.439. The molecule has 5 heteroatoms. The van der Waals surface area contributed by atoms with E-state index in [0.717, 1.165) is 24.9 Å². The zero-order chi connectivity index (χ0) is 14.9. The zero-order valence-electron chi connectivity index (χ0n) is 12.6. The van der Waals surface area contributed by atoms with Crippen LogP contribution < -0.4 is 5.32 Å². The molecule has 2 aliphatic rings. The van der Waals surface area contributed by atoms with Gasteiger partial charge in [0.05, 0.1) is 4.90 Å². The molecule has 116 valence electrons. The van der Waals surface area contributed by atoms with E-state index in [4.69, 9.17) is 0 Å². The van der Waals surface area contributed by atoms with Crippen LogP contribution in [0.25, 0.3) is 0 Å². The smallest absolute Gasteiger partial charge is 0.243 e. The van der Waals surface area contributed by atoms with E-state index in [2.05, 4.69) is 12.2 Å². The Kier molecular flexibility index (Phi) is 4.33. The third-order valence-corrected chi connectivity index (χ3v) is 6.40. The van der Waals surface area contributed by atoms with Crippen LogP contribution in [0.3, 0.4) is 0 Å². The summed E-state index contributed by atoms with van der Waals surface area (Å²) in [6.45, 7) is 4.21. The molecular formula is C16H24N2O2S. The van der Waals surface area contributed by atoms with Gasteiger partial charge in [0.2, 0.25) is 10.0 Å². The fraction of sp³-hybridized carbons (Fsp3) is 0.625. The lowest BCUT2D eigenvalue weighted by Crippen LogP contribution is -2.29. The van der Waals surface area contributed by atoms with Crippen LogP contribution in [0.1, 0.15) is 38.2 Å². The van der Waals surface area contributed by atoms with Crippen molar-refractivity contribution >= 4 is 10.0 Å². The zero-order valence-corrected chi connectivity index (χ0v) is 13.4. The first-order valence-electron chi connectivity index (χ1n) is 7.92. The molecule has 0 aromatic heterocycles. The lowest BCUT2D eigenvalue weighted by Gasteiger charge is -2.17. The maximum absolute atomic E-state index is 12.7. The Morgan fingerprint density at radius 3 is 2.76 bits per heavy atom. The molecule has 4 nitrogen and oxygen atoms in total. The van der Waals surface area contributed by atoms with Gasteiger partial charge in [-0.2, -0.15) is 4.31 Å². The van der Waals surface area contributed by atoms with Crippen LogP contribution in [0.2, 0.25) is 0 Å². The number of hydrogen-bond donors (Lipinski definition) is 1. The summed E-state index contributed by atoms with van der Waals surface area (Å²) in [5.41, 5.74) is 1.05. The number of rotatable bonds is 6. The van der Waals surface area contributed by atoms with Gasteiger partial charge in [0.15, 0.2) is 0 Å². The summed E-state index contributed by atoms with van der Waals surface area (Å²) in [6.07, 6.45) is 4.52. The van der Waals surface area contributed by atoms with E-state index >= 15 is 0 Å². The van der Waals surface area contributed by atoms with E-state index < -0.39 is 10.0 Å². The van der Waals surface area contributed by atoms with E-state index in [9.17, 15) is 8.42 Å². The SMILES string of the molecule is CCC1CCN(S(=O)(=O)c2cccc(CNC3CC3)c2)C1. The third-order valence-electron chi connectivity index (χ3n) is 4.53.